The van der Waals surface area contributed by atoms with Crippen LogP contribution in [0.1, 0.15) is 6.42 Å². The predicted molar refractivity (Wildman–Crippen MR) is 70.3 cm³/mol. The Morgan fingerprint density at radius 3 is 2.53 bits per heavy atom. The number of hydrogen-bond acceptors (Lipinski definition) is 5. The summed E-state index contributed by atoms with van der Waals surface area (Å²) in [6.45, 7) is 1.39. The number of rotatable bonds is 6. The third-order valence-corrected chi connectivity index (χ3v) is 2.31. The number of benzene rings is 1. The minimum atomic E-state index is -0.562. The molecule has 0 spiro atoms. The van der Waals surface area contributed by atoms with Crippen LogP contribution in [0.15, 0.2) is 24.3 Å². The van der Waals surface area contributed by atoms with Gasteiger partial charge in [0.1, 0.15) is 5.75 Å². The van der Waals surface area contributed by atoms with Crippen LogP contribution in [0.2, 0.25) is 0 Å². The minimum Gasteiger partial charge on any atom is -0.410 e. The van der Waals surface area contributed by atoms with Crippen molar-refractivity contribution in [2.75, 3.05) is 27.2 Å². The Morgan fingerprint density at radius 2 is 2.00 bits per heavy atom. The zero-order chi connectivity index (χ0) is 14.3. The van der Waals surface area contributed by atoms with Crippen molar-refractivity contribution in [3.8, 4) is 5.75 Å². The van der Waals surface area contributed by atoms with Gasteiger partial charge in [0.15, 0.2) is 0 Å². The number of nitrogens with one attached hydrogen (secondary N) is 1. The molecule has 1 N–H and O–H groups in total. The summed E-state index contributed by atoms with van der Waals surface area (Å²) < 4.78 is 4.97. The number of hydrogen-bond donors (Lipinski definition) is 1. The van der Waals surface area contributed by atoms with E-state index in [0.717, 1.165) is 13.0 Å². The summed E-state index contributed by atoms with van der Waals surface area (Å²) >= 11 is 0. The molecule has 0 bridgehead atoms. The van der Waals surface area contributed by atoms with E-state index >= 15 is 0 Å². The quantitative estimate of drug-likeness (QED) is 0.481. The fraction of sp³-hybridized carbons (Fsp3) is 0.417. The van der Waals surface area contributed by atoms with E-state index < -0.39 is 11.0 Å². The fourth-order valence-corrected chi connectivity index (χ4v) is 1.36. The molecule has 0 radical (unpaired) electrons. The molecular formula is C12H17N3O4. The molecular weight excluding hydrogens is 250 g/mol. The van der Waals surface area contributed by atoms with Crippen LogP contribution in [0.5, 0.6) is 5.75 Å². The van der Waals surface area contributed by atoms with Gasteiger partial charge in [0.25, 0.3) is 5.69 Å². The van der Waals surface area contributed by atoms with Gasteiger partial charge < -0.3 is 15.0 Å². The van der Waals surface area contributed by atoms with Gasteiger partial charge in [0.2, 0.25) is 0 Å². The predicted octanol–water partition coefficient (Wildman–Crippen LogP) is 1.63. The van der Waals surface area contributed by atoms with Gasteiger partial charge in [-0.2, -0.15) is 0 Å². The van der Waals surface area contributed by atoms with Gasteiger partial charge in [-0.3, -0.25) is 10.1 Å². The maximum Gasteiger partial charge on any atom is 0.412 e. The summed E-state index contributed by atoms with van der Waals surface area (Å²) in [5, 5.41) is 13.0. The second kappa shape index (κ2) is 7.32. The lowest BCUT2D eigenvalue weighted by atomic mass is 10.3. The molecule has 0 aromatic heterocycles. The molecule has 0 aliphatic carbocycles. The van der Waals surface area contributed by atoms with Crippen molar-refractivity contribution in [2.24, 2.45) is 0 Å². The lowest BCUT2D eigenvalue weighted by molar-refractivity contribution is -0.384. The molecule has 0 fully saturated rings. The Hall–Kier alpha value is -2.15. The summed E-state index contributed by atoms with van der Waals surface area (Å²) in [6, 6.07) is 5.35. The average molecular weight is 267 g/mol. The first-order valence-electron chi connectivity index (χ1n) is 5.84. The molecule has 0 aliphatic rings. The van der Waals surface area contributed by atoms with E-state index in [0.29, 0.717) is 6.54 Å². The van der Waals surface area contributed by atoms with E-state index in [-0.39, 0.29) is 11.4 Å². The Morgan fingerprint density at radius 1 is 1.37 bits per heavy atom. The maximum absolute atomic E-state index is 11.4. The highest BCUT2D eigenvalue weighted by atomic mass is 16.6. The van der Waals surface area contributed by atoms with Crippen LogP contribution in [-0.2, 0) is 0 Å². The number of amides is 1. The molecule has 7 heteroatoms. The van der Waals surface area contributed by atoms with E-state index in [1.807, 2.05) is 19.0 Å². The highest BCUT2D eigenvalue weighted by molar-refractivity contribution is 5.70. The largest absolute Gasteiger partial charge is 0.412 e. The monoisotopic (exact) mass is 267 g/mol. The van der Waals surface area contributed by atoms with E-state index in [2.05, 4.69) is 5.32 Å². The van der Waals surface area contributed by atoms with Crippen molar-refractivity contribution in [2.45, 2.75) is 6.42 Å². The van der Waals surface area contributed by atoms with Crippen molar-refractivity contribution in [1.29, 1.82) is 0 Å². The van der Waals surface area contributed by atoms with Gasteiger partial charge in [0, 0.05) is 18.7 Å². The number of non-ortho nitro benzene ring substituents is 1. The Kier molecular flexibility index (Phi) is 5.74. The molecule has 0 saturated carbocycles. The van der Waals surface area contributed by atoms with Gasteiger partial charge >= 0.3 is 6.09 Å². The van der Waals surface area contributed by atoms with E-state index in [4.69, 9.17) is 4.74 Å². The average Bonchev–Trinajstić information content (AvgIpc) is 2.35. The second-order valence-electron chi connectivity index (χ2n) is 4.22. The molecule has 0 aliphatic heterocycles. The van der Waals surface area contributed by atoms with Gasteiger partial charge in [-0.05, 0) is 39.2 Å². The highest BCUT2D eigenvalue weighted by Crippen LogP contribution is 2.17. The molecule has 0 saturated heterocycles. The molecule has 0 atom stereocenters. The lowest BCUT2D eigenvalue weighted by Crippen LogP contribution is -2.29. The Bertz CT molecular complexity index is 431. The van der Waals surface area contributed by atoms with Crippen molar-refractivity contribution >= 4 is 11.8 Å². The molecule has 1 aromatic rings. The molecule has 1 aromatic carbocycles. The first-order valence-corrected chi connectivity index (χ1v) is 5.84. The zero-order valence-electron chi connectivity index (χ0n) is 11.0. The molecule has 0 unspecified atom stereocenters. The van der Waals surface area contributed by atoms with Gasteiger partial charge in [-0.25, -0.2) is 4.79 Å². The number of nitro benzene ring substituents is 1. The number of carbonyl (C=O) groups excluding carboxylic acids is 1. The summed E-state index contributed by atoms with van der Waals surface area (Å²) in [5.74, 6) is 0.274. The van der Waals surface area contributed by atoms with Crippen LogP contribution in [0, 0.1) is 10.1 Å². The van der Waals surface area contributed by atoms with Crippen molar-refractivity contribution in [3.63, 3.8) is 0 Å². The van der Waals surface area contributed by atoms with E-state index in [1.165, 1.54) is 24.3 Å². The summed E-state index contributed by atoms with van der Waals surface area (Å²) in [6.07, 6.45) is 0.259. The van der Waals surface area contributed by atoms with Gasteiger partial charge in [0.05, 0.1) is 4.92 Å². The number of ether oxygens (including phenoxy) is 1. The first kappa shape index (κ1) is 14.9. The van der Waals surface area contributed by atoms with E-state index in [9.17, 15) is 14.9 Å². The maximum atomic E-state index is 11.4. The molecule has 19 heavy (non-hydrogen) atoms. The SMILES string of the molecule is CN(C)CCCNC(=O)Oc1ccc([N+](=O)[O-])cc1. The normalized spacial score (nSPS) is 10.3. The first-order chi connectivity index (χ1) is 8.99. The smallest absolute Gasteiger partial charge is 0.410 e. The molecule has 1 amide bonds. The standard InChI is InChI=1S/C12H17N3O4/c1-14(2)9-3-8-13-12(16)19-11-6-4-10(5-7-11)15(17)18/h4-7H,3,8-9H2,1-2H3,(H,13,16). The fourth-order valence-electron chi connectivity index (χ4n) is 1.36. The Labute approximate surface area is 111 Å². The van der Waals surface area contributed by atoms with Crippen LogP contribution in [0.3, 0.4) is 0 Å². The topological polar surface area (TPSA) is 84.7 Å². The number of nitrogens with zero attached hydrogens (tertiary/aromatic N) is 2. The van der Waals surface area contributed by atoms with Crippen molar-refractivity contribution in [3.05, 3.63) is 34.4 Å². The molecule has 104 valence electrons. The lowest BCUT2D eigenvalue weighted by Gasteiger charge is -2.10. The summed E-state index contributed by atoms with van der Waals surface area (Å²) in [7, 11) is 3.91. The summed E-state index contributed by atoms with van der Waals surface area (Å²) in [4.78, 5) is 23.3. The van der Waals surface area contributed by atoms with Crippen molar-refractivity contribution in [1.82, 2.24) is 10.2 Å². The highest BCUT2D eigenvalue weighted by Gasteiger charge is 2.07. The third-order valence-electron chi connectivity index (χ3n) is 2.31. The van der Waals surface area contributed by atoms with Crippen molar-refractivity contribution < 1.29 is 14.5 Å². The van der Waals surface area contributed by atoms with E-state index in [1.54, 1.807) is 0 Å². The molecule has 7 nitrogen and oxygen atoms in total. The Balaban J connectivity index is 2.34. The number of nitro groups is 1. The van der Waals surface area contributed by atoms with Crippen LogP contribution in [0.4, 0.5) is 10.5 Å². The third kappa shape index (κ3) is 5.82. The zero-order valence-corrected chi connectivity index (χ0v) is 11.0. The molecule has 1 rings (SSSR count). The molecule has 0 heterocycles. The van der Waals surface area contributed by atoms with Crippen LogP contribution >= 0.6 is 0 Å². The van der Waals surface area contributed by atoms with Gasteiger partial charge in [-0.15, -0.1) is 0 Å². The van der Waals surface area contributed by atoms with Crippen LogP contribution in [-0.4, -0.2) is 43.1 Å². The van der Waals surface area contributed by atoms with Crippen LogP contribution in [0.25, 0.3) is 0 Å². The summed E-state index contributed by atoms with van der Waals surface area (Å²) in [5.41, 5.74) is -0.0428. The minimum absolute atomic E-state index is 0.0428. The number of carbonyl (C=O) groups is 1. The van der Waals surface area contributed by atoms with Crippen LogP contribution < -0.4 is 10.1 Å². The van der Waals surface area contributed by atoms with Gasteiger partial charge in [-0.1, -0.05) is 0 Å². The second-order valence-corrected chi connectivity index (χ2v) is 4.22.